The summed E-state index contributed by atoms with van der Waals surface area (Å²) in [4.78, 5) is 12.3. The van der Waals surface area contributed by atoms with Crippen molar-refractivity contribution < 1.29 is 15.1 Å². The minimum absolute atomic E-state index is 0.375. The predicted molar refractivity (Wildman–Crippen MR) is 84.4 cm³/mol. The monoisotopic (exact) mass is 316 g/mol. The Balaban J connectivity index is 2.11. The number of carbonyl (C=O) groups excluding carboxylic acids is 1. The maximum absolute atomic E-state index is 10.8. The van der Waals surface area contributed by atoms with Crippen LogP contribution >= 0.6 is 11.3 Å². The van der Waals surface area contributed by atoms with Crippen LogP contribution in [0.15, 0.2) is 42.5 Å². The summed E-state index contributed by atoms with van der Waals surface area (Å²) in [5.74, 6) is 5.58. The van der Waals surface area contributed by atoms with Gasteiger partial charge in [-0.25, -0.2) is 4.79 Å². The molecule has 0 radical (unpaired) electrons. The number of amides is 2. The van der Waals surface area contributed by atoms with E-state index in [1.54, 1.807) is 13.0 Å². The molecule has 0 fully saturated rings. The number of aliphatic hydroxyl groups excluding tert-OH is 1. The third-order valence-electron chi connectivity index (χ3n) is 3.01. The van der Waals surface area contributed by atoms with E-state index < -0.39 is 18.2 Å². The number of hydroxylamine groups is 2. The van der Waals surface area contributed by atoms with E-state index in [-0.39, 0.29) is 0 Å². The summed E-state index contributed by atoms with van der Waals surface area (Å²) in [6.45, 7) is 1.56. The summed E-state index contributed by atoms with van der Waals surface area (Å²) in [5, 5.41) is 20.0. The molecular formula is C16H16N2O3S. The van der Waals surface area contributed by atoms with Gasteiger partial charge in [-0.2, -0.15) is 5.06 Å². The number of primary amides is 1. The fraction of sp³-hybridized carbons (Fsp3) is 0.188. The molecule has 0 aliphatic heterocycles. The van der Waals surface area contributed by atoms with Gasteiger partial charge < -0.3 is 10.8 Å². The third-order valence-corrected chi connectivity index (χ3v) is 4.06. The topological polar surface area (TPSA) is 86.8 Å². The van der Waals surface area contributed by atoms with Crippen LogP contribution in [-0.2, 0) is 0 Å². The van der Waals surface area contributed by atoms with Crippen LogP contribution in [0.2, 0.25) is 0 Å². The van der Waals surface area contributed by atoms with Crippen molar-refractivity contribution in [2.45, 2.75) is 19.1 Å². The first-order valence-corrected chi connectivity index (χ1v) is 7.42. The Morgan fingerprint density at radius 1 is 1.27 bits per heavy atom. The van der Waals surface area contributed by atoms with E-state index >= 15 is 0 Å². The van der Waals surface area contributed by atoms with E-state index in [9.17, 15) is 15.1 Å². The van der Waals surface area contributed by atoms with Crippen LogP contribution in [0.3, 0.4) is 0 Å². The number of rotatable bonds is 3. The van der Waals surface area contributed by atoms with Gasteiger partial charge in [0, 0.05) is 4.88 Å². The van der Waals surface area contributed by atoms with Crippen LogP contribution in [-0.4, -0.2) is 27.4 Å². The molecule has 5 nitrogen and oxygen atoms in total. The standard InChI is InChI=1S/C16H16N2O3S/c1-11(18(21)16(17)20)7-8-13-9-10-14(22-13)15(19)12-5-3-2-4-6-12/h2-6,9-11,15,19,21H,1H3,(H2,17,20). The summed E-state index contributed by atoms with van der Waals surface area (Å²) in [6.07, 6.45) is -0.695. The average molecular weight is 316 g/mol. The van der Waals surface area contributed by atoms with E-state index in [0.29, 0.717) is 5.06 Å². The van der Waals surface area contributed by atoms with Crippen LogP contribution in [0.5, 0.6) is 0 Å². The largest absolute Gasteiger partial charge is 0.383 e. The van der Waals surface area contributed by atoms with Crippen LogP contribution in [0, 0.1) is 11.8 Å². The number of aliphatic hydroxyl groups is 1. The van der Waals surface area contributed by atoms with E-state index in [1.807, 2.05) is 36.4 Å². The lowest BCUT2D eigenvalue weighted by molar-refractivity contribution is -0.0536. The predicted octanol–water partition coefficient (Wildman–Crippen LogP) is 2.34. The molecule has 2 amide bonds. The molecule has 2 rings (SSSR count). The van der Waals surface area contributed by atoms with E-state index in [0.717, 1.165) is 15.3 Å². The number of carbonyl (C=O) groups is 1. The fourth-order valence-electron chi connectivity index (χ4n) is 1.79. The zero-order valence-electron chi connectivity index (χ0n) is 11.9. The molecular weight excluding hydrogens is 300 g/mol. The highest BCUT2D eigenvalue weighted by Gasteiger charge is 2.13. The highest BCUT2D eigenvalue weighted by atomic mass is 32.1. The van der Waals surface area contributed by atoms with E-state index in [1.165, 1.54) is 11.3 Å². The van der Waals surface area contributed by atoms with Gasteiger partial charge in [-0.05, 0) is 24.6 Å². The molecule has 0 aliphatic carbocycles. The Bertz CT molecular complexity index is 703. The normalized spacial score (nSPS) is 12.9. The molecule has 4 N–H and O–H groups in total. The Morgan fingerprint density at radius 3 is 2.59 bits per heavy atom. The Morgan fingerprint density at radius 2 is 1.95 bits per heavy atom. The second-order valence-electron chi connectivity index (χ2n) is 4.64. The summed E-state index contributed by atoms with van der Waals surface area (Å²) in [7, 11) is 0. The lowest BCUT2D eigenvalue weighted by Gasteiger charge is -2.14. The lowest BCUT2D eigenvalue weighted by Crippen LogP contribution is -2.38. The zero-order chi connectivity index (χ0) is 16.1. The first-order chi connectivity index (χ1) is 10.5. The SMILES string of the molecule is CC(C#Cc1ccc(C(O)c2ccccc2)s1)N(O)C(N)=O. The van der Waals surface area contributed by atoms with Crippen LogP contribution in [0.4, 0.5) is 4.79 Å². The molecule has 0 bridgehead atoms. The zero-order valence-corrected chi connectivity index (χ0v) is 12.7. The van der Waals surface area contributed by atoms with Gasteiger partial charge in [0.25, 0.3) is 0 Å². The number of nitrogens with two attached hydrogens (primary N) is 1. The van der Waals surface area contributed by atoms with Gasteiger partial charge in [0.05, 0.1) is 4.88 Å². The molecule has 114 valence electrons. The molecule has 0 saturated heterocycles. The van der Waals surface area contributed by atoms with Crippen molar-refractivity contribution in [1.82, 2.24) is 5.06 Å². The minimum atomic E-state index is -0.951. The highest BCUT2D eigenvalue weighted by molar-refractivity contribution is 7.12. The average Bonchev–Trinajstić information content (AvgIpc) is 3.00. The van der Waals surface area contributed by atoms with Crippen molar-refractivity contribution in [1.29, 1.82) is 0 Å². The molecule has 2 aromatic rings. The maximum atomic E-state index is 10.8. The summed E-state index contributed by atoms with van der Waals surface area (Å²) < 4.78 is 0. The van der Waals surface area contributed by atoms with Crippen molar-refractivity contribution in [2.75, 3.05) is 0 Å². The van der Waals surface area contributed by atoms with Gasteiger partial charge in [0.2, 0.25) is 0 Å². The second kappa shape index (κ2) is 7.09. The molecule has 6 heteroatoms. The van der Waals surface area contributed by atoms with Gasteiger partial charge in [0.1, 0.15) is 12.1 Å². The molecule has 0 saturated carbocycles. The van der Waals surface area contributed by atoms with Crippen LogP contribution < -0.4 is 5.73 Å². The summed E-state index contributed by atoms with van der Waals surface area (Å²) in [6, 6.07) is 11.3. The third kappa shape index (κ3) is 3.86. The lowest BCUT2D eigenvalue weighted by atomic mass is 10.1. The Hall–Kier alpha value is -2.33. The molecule has 1 heterocycles. The van der Waals surface area contributed by atoms with Crippen molar-refractivity contribution in [3.8, 4) is 11.8 Å². The highest BCUT2D eigenvalue weighted by Crippen LogP contribution is 2.27. The van der Waals surface area contributed by atoms with Crippen LogP contribution in [0.25, 0.3) is 0 Å². The summed E-state index contributed by atoms with van der Waals surface area (Å²) >= 11 is 1.36. The minimum Gasteiger partial charge on any atom is -0.383 e. The fourth-order valence-corrected chi connectivity index (χ4v) is 2.68. The smallest absolute Gasteiger partial charge is 0.339 e. The molecule has 2 atom stereocenters. The number of hydrogen-bond donors (Lipinski definition) is 3. The molecule has 1 aromatic carbocycles. The van der Waals surface area contributed by atoms with Crippen molar-refractivity contribution in [3.05, 3.63) is 57.8 Å². The number of nitrogens with zero attached hydrogens (tertiary/aromatic N) is 1. The van der Waals surface area contributed by atoms with Crippen molar-refractivity contribution in [2.24, 2.45) is 5.73 Å². The van der Waals surface area contributed by atoms with Gasteiger partial charge in [0.15, 0.2) is 0 Å². The van der Waals surface area contributed by atoms with Gasteiger partial charge in [-0.15, -0.1) is 11.3 Å². The Labute approximate surface area is 132 Å². The number of benzene rings is 1. The second-order valence-corrected chi connectivity index (χ2v) is 5.76. The van der Waals surface area contributed by atoms with Gasteiger partial charge in [-0.3, -0.25) is 5.21 Å². The molecule has 1 aromatic heterocycles. The van der Waals surface area contributed by atoms with E-state index in [4.69, 9.17) is 5.73 Å². The first-order valence-electron chi connectivity index (χ1n) is 6.61. The van der Waals surface area contributed by atoms with Gasteiger partial charge in [-0.1, -0.05) is 42.2 Å². The van der Waals surface area contributed by atoms with Crippen molar-refractivity contribution >= 4 is 17.4 Å². The number of hydrogen-bond acceptors (Lipinski definition) is 4. The molecule has 22 heavy (non-hydrogen) atoms. The number of thiophene rings is 1. The Kier molecular flexibility index (Phi) is 5.17. The maximum Gasteiger partial charge on any atom is 0.339 e. The van der Waals surface area contributed by atoms with E-state index in [2.05, 4.69) is 11.8 Å². The molecule has 0 aliphatic rings. The van der Waals surface area contributed by atoms with Gasteiger partial charge >= 0.3 is 6.03 Å². The summed E-state index contributed by atoms with van der Waals surface area (Å²) in [5.41, 5.74) is 5.77. The quantitative estimate of drug-likeness (QED) is 0.461. The first kappa shape index (κ1) is 16.0. The van der Waals surface area contributed by atoms with Crippen LogP contribution in [0.1, 0.15) is 28.3 Å². The van der Waals surface area contributed by atoms with Crippen molar-refractivity contribution in [3.63, 3.8) is 0 Å². The molecule has 0 spiro atoms. The molecule has 2 unspecified atom stereocenters. The number of urea groups is 1.